The average molecular weight is 203 g/mol. The molecule has 0 bridgehead atoms. The third-order valence-electron chi connectivity index (χ3n) is 2.18. The molecule has 0 amide bonds. The van der Waals surface area contributed by atoms with Gasteiger partial charge in [-0.3, -0.25) is 0 Å². The largest absolute Gasteiger partial charge is 0.478 e. The highest BCUT2D eigenvalue weighted by molar-refractivity contribution is 5.95. The lowest BCUT2D eigenvalue weighted by molar-refractivity contribution is 0.0697. The van der Waals surface area contributed by atoms with Crippen LogP contribution in [0.3, 0.4) is 0 Å². The van der Waals surface area contributed by atoms with Gasteiger partial charge in [0, 0.05) is 7.05 Å². The number of rotatable bonds is 3. The molecule has 0 unspecified atom stereocenters. The first kappa shape index (κ1) is 11.1. The summed E-state index contributed by atoms with van der Waals surface area (Å²) in [5.74, 6) is 1.56. The van der Waals surface area contributed by atoms with E-state index in [-0.39, 0.29) is 5.56 Å². The van der Waals surface area contributed by atoms with Gasteiger partial charge in [-0.05, 0) is 18.6 Å². The van der Waals surface area contributed by atoms with E-state index in [2.05, 4.69) is 5.92 Å². The Morgan fingerprint density at radius 1 is 1.60 bits per heavy atom. The molecule has 0 aliphatic heterocycles. The van der Waals surface area contributed by atoms with Gasteiger partial charge in [0.15, 0.2) is 0 Å². The first-order chi connectivity index (χ1) is 7.07. The zero-order valence-electron chi connectivity index (χ0n) is 8.82. The highest BCUT2D eigenvalue weighted by atomic mass is 16.4. The van der Waals surface area contributed by atoms with Crippen molar-refractivity contribution in [3.8, 4) is 12.3 Å². The van der Waals surface area contributed by atoms with Crippen molar-refractivity contribution in [3.05, 3.63) is 29.3 Å². The van der Waals surface area contributed by atoms with Gasteiger partial charge in [-0.15, -0.1) is 6.42 Å². The zero-order valence-corrected chi connectivity index (χ0v) is 8.82. The summed E-state index contributed by atoms with van der Waals surface area (Å²) in [6, 6.07) is 5.18. The molecular weight excluding hydrogens is 190 g/mol. The van der Waals surface area contributed by atoms with E-state index in [1.54, 1.807) is 24.1 Å². The first-order valence-corrected chi connectivity index (χ1v) is 4.55. The summed E-state index contributed by atoms with van der Waals surface area (Å²) in [4.78, 5) is 12.8. The summed E-state index contributed by atoms with van der Waals surface area (Å²) < 4.78 is 0. The predicted molar refractivity (Wildman–Crippen MR) is 60.2 cm³/mol. The monoisotopic (exact) mass is 203 g/mol. The van der Waals surface area contributed by atoms with E-state index in [4.69, 9.17) is 11.5 Å². The number of nitrogens with zero attached hydrogens (tertiary/aromatic N) is 1. The summed E-state index contributed by atoms with van der Waals surface area (Å²) in [6.07, 6.45) is 5.20. The molecule has 3 nitrogen and oxygen atoms in total. The molecule has 0 saturated carbocycles. The fourth-order valence-electron chi connectivity index (χ4n) is 1.55. The minimum absolute atomic E-state index is 0.285. The van der Waals surface area contributed by atoms with Crippen LogP contribution in [0.4, 0.5) is 5.69 Å². The van der Waals surface area contributed by atoms with Gasteiger partial charge in [-0.2, -0.15) is 0 Å². The van der Waals surface area contributed by atoms with Crippen LogP contribution >= 0.6 is 0 Å². The second-order valence-electron chi connectivity index (χ2n) is 3.34. The Labute approximate surface area is 89.3 Å². The molecule has 1 N–H and O–H groups in total. The van der Waals surface area contributed by atoms with Gasteiger partial charge < -0.3 is 10.0 Å². The topological polar surface area (TPSA) is 40.5 Å². The van der Waals surface area contributed by atoms with Crippen LogP contribution in [0.5, 0.6) is 0 Å². The fraction of sp³-hybridized carbons (Fsp3) is 0.250. The maximum atomic E-state index is 11.0. The van der Waals surface area contributed by atoms with Crippen molar-refractivity contribution in [3.63, 3.8) is 0 Å². The number of carboxylic acids is 1. The molecule has 0 aromatic heterocycles. The number of para-hydroxylation sites is 1. The number of benzene rings is 1. The van der Waals surface area contributed by atoms with E-state index < -0.39 is 5.97 Å². The summed E-state index contributed by atoms with van der Waals surface area (Å²) in [7, 11) is 1.79. The van der Waals surface area contributed by atoms with E-state index in [0.29, 0.717) is 12.2 Å². The zero-order chi connectivity index (χ0) is 11.4. The van der Waals surface area contributed by atoms with Crippen molar-refractivity contribution in [2.45, 2.75) is 6.92 Å². The van der Waals surface area contributed by atoms with Crippen LogP contribution in [0.1, 0.15) is 15.9 Å². The minimum atomic E-state index is -0.933. The Morgan fingerprint density at radius 2 is 2.27 bits per heavy atom. The number of anilines is 1. The molecule has 0 heterocycles. The summed E-state index contributed by atoms with van der Waals surface area (Å²) in [5, 5.41) is 9.03. The summed E-state index contributed by atoms with van der Waals surface area (Å²) >= 11 is 0. The predicted octanol–water partition coefficient (Wildman–Crippen LogP) is 1.76. The van der Waals surface area contributed by atoms with Crippen molar-refractivity contribution in [1.82, 2.24) is 0 Å². The summed E-state index contributed by atoms with van der Waals surface area (Å²) in [5.41, 5.74) is 1.88. The Morgan fingerprint density at radius 3 is 2.80 bits per heavy atom. The lowest BCUT2D eigenvalue weighted by atomic mass is 10.1. The van der Waals surface area contributed by atoms with Crippen molar-refractivity contribution in [2.75, 3.05) is 18.5 Å². The molecule has 0 spiro atoms. The molecule has 1 aromatic rings. The third-order valence-corrected chi connectivity index (χ3v) is 2.18. The number of aryl methyl sites for hydroxylation is 1. The molecule has 0 saturated heterocycles. The van der Waals surface area contributed by atoms with Crippen LogP contribution in [-0.2, 0) is 0 Å². The lowest BCUT2D eigenvalue weighted by Gasteiger charge is -2.20. The van der Waals surface area contributed by atoms with E-state index in [0.717, 1.165) is 5.56 Å². The number of terminal acetylenes is 1. The molecule has 0 fully saturated rings. The smallest absolute Gasteiger partial charge is 0.337 e. The SMILES string of the molecule is C#CCN(C)c1c(C)cccc1C(=O)O. The highest BCUT2D eigenvalue weighted by Gasteiger charge is 2.14. The molecule has 0 atom stereocenters. The van der Waals surface area contributed by atoms with Crippen molar-refractivity contribution < 1.29 is 9.90 Å². The molecule has 1 rings (SSSR count). The van der Waals surface area contributed by atoms with Crippen LogP contribution in [0.25, 0.3) is 0 Å². The second kappa shape index (κ2) is 4.52. The molecule has 0 aliphatic rings. The van der Waals surface area contributed by atoms with Crippen molar-refractivity contribution in [1.29, 1.82) is 0 Å². The number of hydrogen-bond acceptors (Lipinski definition) is 2. The molecule has 78 valence electrons. The third kappa shape index (κ3) is 2.29. The van der Waals surface area contributed by atoms with Gasteiger partial charge in [0.1, 0.15) is 0 Å². The average Bonchev–Trinajstić information content (AvgIpc) is 2.17. The van der Waals surface area contributed by atoms with Gasteiger partial charge in [0.25, 0.3) is 0 Å². The second-order valence-corrected chi connectivity index (χ2v) is 3.34. The van der Waals surface area contributed by atoms with E-state index >= 15 is 0 Å². The molecular formula is C12H13NO2. The minimum Gasteiger partial charge on any atom is -0.478 e. The Balaban J connectivity index is 3.25. The number of carbonyl (C=O) groups is 1. The van der Waals surface area contributed by atoms with Gasteiger partial charge in [0.05, 0.1) is 17.8 Å². The molecule has 15 heavy (non-hydrogen) atoms. The number of hydrogen-bond donors (Lipinski definition) is 1. The lowest BCUT2D eigenvalue weighted by Crippen LogP contribution is -2.21. The van der Waals surface area contributed by atoms with E-state index in [9.17, 15) is 4.79 Å². The molecule has 1 aromatic carbocycles. The summed E-state index contributed by atoms with van der Waals surface area (Å²) in [6.45, 7) is 2.26. The molecule has 0 radical (unpaired) electrons. The highest BCUT2D eigenvalue weighted by Crippen LogP contribution is 2.23. The Bertz CT molecular complexity index is 418. The van der Waals surface area contributed by atoms with Crippen LogP contribution in [0.15, 0.2) is 18.2 Å². The van der Waals surface area contributed by atoms with Gasteiger partial charge in [-0.25, -0.2) is 4.79 Å². The number of aromatic carboxylic acids is 1. The Kier molecular flexibility index (Phi) is 3.35. The normalized spacial score (nSPS) is 9.40. The van der Waals surface area contributed by atoms with Crippen molar-refractivity contribution in [2.24, 2.45) is 0 Å². The fourth-order valence-corrected chi connectivity index (χ4v) is 1.55. The first-order valence-electron chi connectivity index (χ1n) is 4.55. The standard InChI is InChI=1S/C12H13NO2/c1-4-8-13(3)11-9(2)6-5-7-10(11)12(14)15/h1,5-7H,8H2,2-3H3,(H,14,15). The van der Waals surface area contributed by atoms with Crippen LogP contribution < -0.4 is 4.90 Å². The quantitative estimate of drug-likeness (QED) is 0.761. The van der Waals surface area contributed by atoms with Gasteiger partial charge in [-0.1, -0.05) is 18.1 Å². The van der Waals surface area contributed by atoms with E-state index in [1.807, 2.05) is 13.0 Å². The molecule has 0 aliphatic carbocycles. The van der Waals surface area contributed by atoms with Crippen LogP contribution in [0.2, 0.25) is 0 Å². The number of carboxylic acid groups (broad SMARTS) is 1. The van der Waals surface area contributed by atoms with Crippen LogP contribution in [-0.4, -0.2) is 24.7 Å². The van der Waals surface area contributed by atoms with E-state index in [1.165, 1.54) is 0 Å². The molecule has 3 heteroatoms. The van der Waals surface area contributed by atoms with Crippen molar-refractivity contribution >= 4 is 11.7 Å². The van der Waals surface area contributed by atoms with Gasteiger partial charge in [0.2, 0.25) is 0 Å². The van der Waals surface area contributed by atoms with Crippen LogP contribution in [0, 0.1) is 19.3 Å². The maximum Gasteiger partial charge on any atom is 0.337 e. The maximum absolute atomic E-state index is 11.0. The Hall–Kier alpha value is -1.95. The van der Waals surface area contributed by atoms with Gasteiger partial charge >= 0.3 is 5.97 Å².